The number of ether oxygens (including phenoxy) is 1. The van der Waals surface area contributed by atoms with Gasteiger partial charge in [-0.25, -0.2) is 0 Å². The van der Waals surface area contributed by atoms with E-state index in [1.54, 1.807) is 6.26 Å². The summed E-state index contributed by atoms with van der Waals surface area (Å²) >= 11 is 0. The monoisotopic (exact) mass is 271 g/mol. The molecule has 0 spiro atoms. The Morgan fingerprint density at radius 2 is 2.20 bits per heavy atom. The molecule has 1 aromatic carbocycles. The van der Waals surface area contributed by atoms with Crippen LogP contribution in [0.5, 0.6) is 5.75 Å². The highest BCUT2D eigenvalue weighted by Gasteiger charge is 2.20. The molecule has 1 fully saturated rings. The Kier molecular flexibility index (Phi) is 4.07. The summed E-state index contributed by atoms with van der Waals surface area (Å²) < 4.78 is 11.4. The van der Waals surface area contributed by atoms with E-state index in [2.05, 4.69) is 24.4 Å². The molecule has 1 saturated carbocycles. The van der Waals surface area contributed by atoms with Gasteiger partial charge in [-0.3, -0.25) is 0 Å². The molecule has 0 amide bonds. The minimum atomic E-state index is 0.488. The summed E-state index contributed by atoms with van der Waals surface area (Å²) in [6.45, 7) is 3.50. The summed E-state index contributed by atoms with van der Waals surface area (Å²) in [5.74, 6) is 1.82. The van der Waals surface area contributed by atoms with Gasteiger partial charge in [-0.2, -0.15) is 0 Å². The lowest BCUT2D eigenvalue weighted by atomic mass is 10.2. The lowest BCUT2D eigenvalue weighted by Crippen LogP contribution is -2.16. The number of hydrogen-bond acceptors (Lipinski definition) is 3. The van der Waals surface area contributed by atoms with Gasteiger partial charge < -0.3 is 14.5 Å². The van der Waals surface area contributed by atoms with Crippen LogP contribution >= 0.6 is 0 Å². The normalized spacial score (nSPS) is 14.4. The molecule has 3 nitrogen and oxygen atoms in total. The average Bonchev–Trinajstić information content (AvgIpc) is 3.21. The van der Waals surface area contributed by atoms with Crippen LogP contribution in [0.2, 0.25) is 0 Å². The Morgan fingerprint density at radius 3 is 3.00 bits per heavy atom. The van der Waals surface area contributed by atoms with E-state index in [-0.39, 0.29) is 0 Å². The fourth-order valence-corrected chi connectivity index (χ4v) is 2.20. The van der Waals surface area contributed by atoms with Gasteiger partial charge in [0.2, 0.25) is 0 Å². The molecule has 0 aliphatic heterocycles. The van der Waals surface area contributed by atoms with E-state index in [9.17, 15) is 0 Å². The predicted molar refractivity (Wildman–Crippen MR) is 78.7 cm³/mol. The van der Waals surface area contributed by atoms with Crippen molar-refractivity contribution < 1.29 is 9.15 Å². The van der Waals surface area contributed by atoms with E-state index in [0.29, 0.717) is 12.6 Å². The van der Waals surface area contributed by atoms with Crippen LogP contribution in [0.25, 0.3) is 0 Å². The van der Waals surface area contributed by atoms with Gasteiger partial charge in [0.25, 0.3) is 0 Å². The van der Waals surface area contributed by atoms with Gasteiger partial charge in [0.05, 0.1) is 6.26 Å². The Balaban J connectivity index is 1.58. The Morgan fingerprint density at radius 1 is 1.30 bits per heavy atom. The highest BCUT2D eigenvalue weighted by atomic mass is 16.5. The van der Waals surface area contributed by atoms with Crippen LogP contribution in [-0.4, -0.2) is 6.04 Å². The highest BCUT2D eigenvalue weighted by Crippen LogP contribution is 2.21. The van der Waals surface area contributed by atoms with Gasteiger partial charge in [-0.1, -0.05) is 19.1 Å². The summed E-state index contributed by atoms with van der Waals surface area (Å²) in [6.07, 6.45) is 5.36. The van der Waals surface area contributed by atoms with Gasteiger partial charge in [-0.15, -0.1) is 0 Å². The second-order valence-corrected chi connectivity index (χ2v) is 5.31. The van der Waals surface area contributed by atoms with E-state index in [1.165, 1.54) is 24.0 Å². The second kappa shape index (κ2) is 6.14. The molecule has 3 heteroatoms. The molecule has 0 atom stereocenters. The third-order valence-corrected chi connectivity index (χ3v) is 3.67. The zero-order valence-corrected chi connectivity index (χ0v) is 11.9. The van der Waals surface area contributed by atoms with Crippen molar-refractivity contribution in [2.45, 2.75) is 45.4 Å². The molecule has 20 heavy (non-hydrogen) atoms. The zero-order valence-electron chi connectivity index (χ0n) is 11.9. The minimum Gasteiger partial charge on any atom is -0.486 e. The van der Waals surface area contributed by atoms with Gasteiger partial charge in [-0.05, 0) is 43.0 Å². The largest absolute Gasteiger partial charge is 0.486 e. The second-order valence-electron chi connectivity index (χ2n) is 5.31. The standard InChI is InChI=1S/C17H21NO2/c1-2-13-4-3-5-16(10-13)20-12-17-14(8-9-19-17)11-18-15-6-7-15/h3-5,8-10,15,18H,2,6-7,11-12H2,1H3. The number of rotatable bonds is 7. The van der Waals surface area contributed by atoms with Gasteiger partial charge >= 0.3 is 0 Å². The Hall–Kier alpha value is -1.74. The van der Waals surface area contributed by atoms with Crippen molar-refractivity contribution in [1.82, 2.24) is 5.32 Å². The molecule has 0 saturated heterocycles. The van der Waals surface area contributed by atoms with Crippen LogP contribution in [0.15, 0.2) is 41.0 Å². The molecule has 0 unspecified atom stereocenters. The van der Waals surface area contributed by atoms with Crippen LogP contribution in [0.4, 0.5) is 0 Å². The van der Waals surface area contributed by atoms with Crippen molar-refractivity contribution in [2.24, 2.45) is 0 Å². The molecule has 1 aliphatic rings. The van der Waals surface area contributed by atoms with Gasteiger partial charge in [0, 0.05) is 18.2 Å². The first-order chi connectivity index (χ1) is 9.85. The smallest absolute Gasteiger partial charge is 0.146 e. The summed E-state index contributed by atoms with van der Waals surface area (Å²) in [5.41, 5.74) is 2.49. The maximum Gasteiger partial charge on any atom is 0.146 e. The number of hydrogen-bond donors (Lipinski definition) is 1. The van der Waals surface area contributed by atoms with Crippen molar-refractivity contribution >= 4 is 0 Å². The first kappa shape index (κ1) is 13.3. The third kappa shape index (κ3) is 3.42. The number of benzene rings is 1. The van der Waals surface area contributed by atoms with Crippen LogP contribution in [-0.2, 0) is 19.6 Å². The van der Waals surface area contributed by atoms with Crippen molar-refractivity contribution in [3.63, 3.8) is 0 Å². The van der Waals surface area contributed by atoms with Crippen molar-refractivity contribution in [3.05, 3.63) is 53.5 Å². The summed E-state index contributed by atoms with van der Waals surface area (Å²) in [6, 6.07) is 11.0. The van der Waals surface area contributed by atoms with E-state index in [0.717, 1.165) is 24.5 Å². The lowest BCUT2D eigenvalue weighted by Gasteiger charge is -2.08. The molecular formula is C17H21NO2. The number of nitrogens with one attached hydrogen (secondary N) is 1. The maximum atomic E-state index is 5.83. The first-order valence-electron chi connectivity index (χ1n) is 7.35. The molecule has 1 aliphatic carbocycles. The topological polar surface area (TPSA) is 34.4 Å². The van der Waals surface area contributed by atoms with Crippen LogP contribution in [0, 0.1) is 0 Å². The van der Waals surface area contributed by atoms with Crippen LogP contribution in [0.3, 0.4) is 0 Å². The van der Waals surface area contributed by atoms with Crippen LogP contribution in [0.1, 0.15) is 36.7 Å². The molecular weight excluding hydrogens is 250 g/mol. The molecule has 0 radical (unpaired) electrons. The van der Waals surface area contributed by atoms with E-state index >= 15 is 0 Å². The Labute approximate surface area is 119 Å². The van der Waals surface area contributed by atoms with Crippen molar-refractivity contribution in [3.8, 4) is 5.75 Å². The van der Waals surface area contributed by atoms with Crippen molar-refractivity contribution in [1.29, 1.82) is 0 Å². The van der Waals surface area contributed by atoms with Crippen LogP contribution < -0.4 is 10.1 Å². The maximum absolute atomic E-state index is 5.83. The predicted octanol–water partition coefficient (Wildman–Crippen LogP) is 3.67. The molecule has 1 aromatic heterocycles. The fourth-order valence-electron chi connectivity index (χ4n) is 2.20. The molecule has 1 N–H and O–H groups in total. The quantitative estimate of drug-likeness (QED) is 0.834. The lowest BCUT2D eigenvalue weighted by molar-refractivity contribution is 0.268. The number of aryl methyl sites for hydroxylation is 1. The zero-order chi connectivity index (χ0) is 13.8. The third-order valence-electron chi connectivity index (χ3n) is 3.67. The minimum absolute atomic E-state index is 0.488. The average molecular weight is 271 g/mol. The SMILES string of the molecule is CCc1cccc(OCc2occc2CNC2CC2)c1. The van der Waals surface area contributed by atoms with Crippen molar-refractivity contribution in [2.75, 3.05) is 0 Å². The molecule has 2 aromatic rings. The Bertz CT molecular complexity index is 558. The van der Waals surface area contributed by atoms with Gasteiger partial charge in [0.1, 0.15) is 18.1 Å². The summed E-state index contributed by atoms with van der Waals surface area (Å²) in [5, 5.41) is 3.50. The summed E-state index contributed by atoms with van der Waals surface area (Å²) in [7, 11) is 0. The molecule has 3 rings (SSSR count). The summed E-state index contributed by atoms with van der Waals surface area (Å²) in [4.78, 5) is 0. The number of furan rings is 1. The highest BCUT2D eigenvalue weighted by molar-refractivity contribution is 5.28. The van der Waals surface area contributed by atoms with E-state index in [1.807, 2.05) is 18.2 Å². The fraction of sp³-hybridized carbons (Fsp3) is 0.412. The van der Waals surface area contributed by atoms with Gasteiger partial charge in [0.15, 0.2) is 0 Å². The molecule has 1 heterocycles. The first-order valence-corrected chi connectivity index (χ1v) is 7.35. The van der Waals surface area contributed by atoms with E-state index < -0.39 is 0 Å². The molecule has 106 valence electrons. The molecule has 0 bridgehead atoms. The van der Waals surface area contributed by atoms with E-state index in [4.69, 9.17) is 9.15 Å².